The molecule has 0 atom stereocenters. The molecular formula is C18H20ClN5O2S. The summed E-state index contributed by atoms with van der Waals surface area (Å²) < 4.78 is 29.4. The van der Waals surface area contributed by atoms with Gasteiger partial charge < -0.3 is 4.98 Å². The third kappa shape index (κ3) is 3.78. The molecule has 1 saturated heterocycles. The number of pyridine rings is 1. The van der Waals surface area contributed by atoms with Gasteiger partial charge in [0.05, 0.1) is 16.2 Å². The largest absolute Gasteiger partial charge is 0.337 e. The average molecular weight is 406 g/mol. The summed E-state index contributed by atoms with van der Waals surface area (Å²) in [6, 6.07) is 6.96. The Morgan fingerprint density at radius 2 is 1.96 bits per heavy atom. The summed E-state index contributed by atoms with van der Waals surface area (Å²) in [6.07, 6.45) is 4.59. The van der Waals surface area contributed by atoms with Crippen LogP contribution < -0.4 is 4.72 Å². The van der Waals surface area contributed by atoms with E-state index < -0.39 is 10.2 Å². The molecule has 0 aliphatic carbocycles. The summed E-state index contributed by atoms with van der Waals surface area (Å²) in [5.41, 5.74) is 3.48. The highest BCUT2D eigenvalue weighted by atomic mass is 35.5. The maximum atomic E-state index is 12.6. The van der Waals surface area contributed by atoms with Gasteiger partial charge in [-0.3, -0.25) is 4.72 Å². The van der Waals surface area contributed by atoms with Crippen molar-refractivity contribution >= 4 is 38.7 Å². The van der Waals surface area contributed by atoms with E-state index >= 15 is 0 Å². The normalized spacial score (nSPS) is 15.9. The first-order valence-electron chi connectivity index (χ1n) is 8.82. The van der Waals surface area contributed by atoms with Gasteiger partial charge in [0.15, 0.2) is 5.65 Å². The van der Waals surface area contributed by atoms with Gasteiger partial charge in [0.25, 0.3) is 0 Å². The van der Waals surface area contributed by atoms with E-state index in [0.29, 0.717) is 40.8 Å². The highest BCUT2D eigenvalue weighted by Crippen LogP contribution is 2.30. The van der Waals surface area contributed by atoms with E-state index in [0.717, 1.165) is 30.3 Å². The lowest BCUT2D eigenvalue weighted by Gasteiger charge is -2.26. The Morgan fingerprint density at radius 1 is 1.19 bits per heavy atom. The van der Waals surface area contributed by atoms with Crippen LogP contribution in [-0.4, -0.2) is 40.8 Å². The van der Waals surface area contributed by atoms with Gasteiger partial charge in [0.1, 0.15) is 5.82 Å². The number of anilines is 1. The van der Waals surface area contributed by atoms with Crippen molar-refractivity contribution in [3.8, 4) is 11.4 Å². The zero-order chi connectivity index (χ0) is 19.0. The average Bonchev–Trinajstić information content (AvgIpc) is 3.06. The molecule has 2 aromatic heterocycles. The number of aryl methyl sites for hydroxylation is 1. The quantitative estimate of drug-likeness (QED) is 0.691. The molecular weight excluding hydrogens is 386 g/mol. The molecule has 3 aromatic rings. The van der Waals surface area contributed by atoms with Crippen molar-refractivity contribution in [2.75, 3.05) is 17.8 Å². The lowest BCUT2D eigenvalue weighted by molar-refractivity contribution is 0.349. The zero-order valence-electron chi connectivity index (χ0n) is 14.9. The lowest BCUT2D eigenvalue weighted by atomic mass is 10.2. The maximum absolute atomic E-state index is 12.6. The Labute approximate surface area is 163 Å². The summed E-state index contributed by atoms with van der Waals surface area (Å²) in [6.45, 7) is 3.05. The molecule has 0 radical (unpaired) electrons. The minimum atomic E-state index is -3.58. The minimum absolute atomic E-state index is 0.449. The van der Waals surface area contributed by atoms with Crippen LogP contribution in [0.4, 0.5) is 5.69 Å². The summed E-state index contributed by atoms with van der Waals surface area (Å²) in [5, 5.41) is 0.478. The summed E-state index contributed by atoms with van der Waals surface area (Å²) in [7, 11) is -3.58. The lowest BCUT2D eigenvalue weighted by Crippen LogP contribution is -2.39. The fraction of sp³-hybridized carbons (Fsp3) is 0.333. The molecule has 1 fully saturated rings. The van der Waals surface area contributed by atoms with Crippen LogP contribution in [0.1, 0.15) is 24.8 Å². The Balaban J connectivity index is 1.66. The third-order valence-corrected chi connectivity index (χ3v) is 6.47. The second-order valence-electron chi connectivity index (χ2n) is 6.73. The number of hydrogen-bond acceptors (Lipinski definition) is 4. The number of hydrogen-bond donors (Lipinski definition) is 2. The predicted octanol–water partition coefficient (Wildman–Crippen LogP) is 3.73. The van der Waals surface area contributed by atoms with E-state index in [9.17, 15) is 8.42 Å². The maximum Gasteiger partial charge on any atom is 0.301 e. The second kappa shape index (κ2) is 7.10. The van der Waals surface area contributed by atoms with Crippen LogP contribution in [0.3, 0.4) is 0 Å². The third-order valence-electron chi connectivity index (χ3n) is 4.60. The van der Waals surface area contributed by atoms with Crippen LogP contribution in [0.5, 0.6) is 0 Å². The van der Waals surface area contributed by atoms with Crippen molar-refractivity contribution in [3.05, 3.63) is 41.0 Å². The standard InChI is InChI=1S/C18H20ClN5O2S/c1-12-9-16-18(20-11-12)22-17(21-16)14-10-13(5-6-15(14)19)23-27(25,26)24-7-3-2-4-8-24/h5-6,9-11,23H,2-4,7-8H2,1H3,(H,20,21,22). The predicted molar refractivity (Wildman–Crippen MR) is 107 cm³/mol. The molecule has 0 bridgehead atoms. The molecule has 1 aliphatic heterocycles. The molecule has 27 heavy (non-hydrogen) atoms. The van der Waals surface area contributed by atoms with Crippen molar-refractivity contribution < 1.29 is 8.42 Å². The van der Waals surface area contributed by atoms with E-state index in [4.69, 9.17) is 11.6 Å². The fourth-order valence-corrected chi connectivity index (χ4v) is 4.72. The number of imidazole rings is 1. The smallest absolute Gasteiger partial charge is 0.301 e. The van der Waals surface area contributed by atoms with Crippen LogP contribution in [0.25, 0.3) is 22.6 Å². The molecule has 1 aromatic carbocycles. The van der Waals surface area contributed by atoms with Crippen molar-refractivity contribution in [1.82, 2.24) is 19.3 Å². The van der Waals surface area contributed by atoms with Crippen LogP contribution >= 0.6 is 11.6 Å². The molecule has 3 heterocycles. The number of piperidine rings is 1. The van der Waals surface area contributed by atoms with Gasteiger partial charge in [-0.05, 0) is 49.6 Å². The molecule has 9 heteroatoms. The number of nitrogens with one attached hydrogen (secondary N) is 2. The van der Waals surface area contributed by atoms with Gasteiger partial charge in [-0.25, -0.2) is 9.97 Å². The number of nitrogens with zero attached hydrogens (tertiary/aromatic N) is 3. The van der Waals surface area contributed by atoms with Gasteiger partial charge in [0, 0.05) is 24.8 Å². The number of halogens is 1. The monoisotopic (exact) mass is 405 g/mol. The van der Waals surface area contributed by atoms with Crippen LogP contribution in [0, 0.1) is 6.92 Å². The van der Waals surface area contributed by atoms with Gasteiger partial charge in [-0.15, -0.1) is 0 Å². The van der Waals surface area contributed by atoms with E-state index in [1.54, 1.807) is 24.4 Å². The van der Waals surface area contributed by atoms with Gasteiger partial charge in [-0.1, -0.05) is 18.0 Å². The summed E-state index contributed by atoms with van der Waals surface area (Å²) in [5.74, 6) is 0.548. The van der Waals surface area contributed by atoms with Crippen molar-refractivity contribution in [1.29, 1.82) is 0 Å². The van der Waals surface area contributed by atoms with Gasteiger partial charge >= 0.3 is 10.2 Å². The zero-order valence-corrected chi connectivity index (χ0v) is 16.4. The molecule has 4 rings (SSSR count). The first-order chi connectivity index (χ1) is 12.9. The van der Waals surface area contributed by atoms with Crippen LogP contribution in [0.2, 0.25) is 5.02 Å². The molecule has 142 valence electrons. The number of benzene rings is 1. The molecule has 0 amide bonds. The van der Waals surface area contributed by atoms with Crippen molar-refractivity contribution in [2.45, 2.75) is 26.2 Å². The Bertz CT molecular complexity index is 1090. The first kappa shape index (κ1) is 18.2. The molecule has 1 aliphatic rings. The number of aromatic amines is 1. The number of aromatic nitrogens is 3. The van der Waals surface area contributed by atoms with Crippen molar-refractivity contribution in [3.63, 3.8) is 0 Å². The van der Waals surface area contributed by atoms with Crippen molar-refractivity contribution in [2.24, 2.45) is 0 Å². The highest BCUT2D eigenvalue weighted by molar-refractivity contribution is 7.90. The Morgan fingerprint density at radius 3 is 2.74 bits per heavy atom. The SMILES string of the molecule is Cc1cnc2nc(-c3cc(NS(=O)(=O)N4CCCCC4)ccc3Cl)[nH]c2c1. The Hall–Kier alpha value is -2.16. The molecule has 0 unspecified atom stereocenters. The summed E-state index contributed by atoms with van der Waals surface area (Å²) in [4.78, 5) is 12.0. The first-order valence-corrected chi connectivity index (χ1v) is 10.6. The van der Waals surface area contributed by atoms with Crippen LogP contribution in [-0.2, 0) is 10.2 Å². The fourth-order valence-electron chi connectivity index (χ4n) is 3.22. The van der Waals surface area contributed by atoms with Gasteiger partial charge in [-0.2, -0.15) is 12.7 Å². The Kier molecular flexibility index (Phi) is 4.79. The minimum Gasteiger partial charge on any atom is -0.337 e. The molecule has 0 spiro atoms. The number of H-pyrrole nitrogens is 1. The molecule has 0 saturated carbocycles. The molecule has 2 N–H and O–H groups in total. The van der Waals surface area contributed by atoms with E-state index in [2.05, 4.69) is 19.7 Å². The number of fused-ring (bicyclic) bond motifs is 1. The summed E-state index contributed by atoms with van der Waals surface area (Å²) >= 11 is 6.34. The highest BCUT2D eigenvalue weighted by Gasteiger charge is 2.24. The topological polar surface area (TPSA) is 91.0 Å². The van der Waals surface area contributed by atoms with E-state index in [1.165, 1.54) is 4.31 Å². The van der Waals surface area contributed by atoms with E-state index in [-0.39, 0.29) is 0 Å². The van der Waals surface area contributed by atoms with Crippen LogP contribution in [0.15, 0.2) is 30.5 Å². The second-order valence-corrected chi connectivity index (χ2v) is 8.81. The van der Waals surface area contributed by atoms with E-state index in [1.807, 2.05) is 13.0 Å². The van der Waals surface area contributed by atoms with Gasteiger partial charge in [0.2, 0.25) is 0 Å². The molecule has 7 nitrogen and oxygen atoms in total. The number of rotatable bonds is 4.